The summed E-state index contributed by atoms with van der Waals surface area (Å²) < 4.78 is 0. The van der Waals surface area contributed by atoms with Gasteiger partial charge in [-0.05, 0) is 12.8 Å². The minimum Gasteiger partial charge on any atom is -0.357 e. The SMILES string of the molecule is CCNC(=NCC(CC)CC)NCCNC(=O)C(C)C. The van der Waals surface area contributed by atoms with Crippen LogP contribution in [0.1, 0.15) is 47.5 Å². The summed E-state index contributed by atoms with van der Waals surface area (Å²) in [6, 6.07) is 0. The van der Waals surface area contributed by atoms with Gasteiger partial charge in [0.1, 0.15) is 0 Å². The molecule has 0 radical (unpaired) electrons. The van der Waals surface area contributed by atoms with Crippen molar-refractivity contribution >= 4 is 11.9 Å². The van der Waals surface area contributed by atoms with Crippen LogP contribution in [0.3, 0.4) is 0 Å². The molecule has 0 aromatic rings. The molecule has 0 aromatic carbocycles. The molecule has 0 atom stereocenters. The van der Waals surface area contributed by atoms with Crippen molar-refractivity contribution < 1.29 is 4.79 Å². The van der Waals surface area contributed by atoms with Gasteiger partial charge in [0.25, 0.3) is 0 Å². The fourth-order valence-corrected chi connectivity index (χ4v) is 1.68. The fourth-order valence-electron chi connectivity index (χ4n) is 1.68. The molecule has 0 spiro atoms. The molecule has 1 amide bonds. The maximum atomic E-state index is 11.4. The van der Waals surface area contributed by atoms with Crippen molar-refractivity contribution in [2.45, 2.75) is 47.5 Å². The molecule has 0 rings (SSSR count). The van der Waals surface area contributed by atoms with Gasteiger partial charge >= 0.3 is 0 Å². The Labute approximate surface area is 124 Å². The maximum Gasteiger partial charge on any atom is 0.222 e. The largest absolute Gasteiger partial charge is 0.357 e. The van der Waals surface area contributed by atoms with Gasteiger partial charge in [-0.2, -0.15) is 0 Å². The first-order valence-electron chi connectivity index (χ1n) is 7.84. The molecule has 20 heavy (non-hydrogen) atoms. The van der Waals surface area contributed by atoms with Crippen LogP contribution in [0.25, 0.3) is 0 Å². The standard InChI is InChI=1S/C15H32N4O/c1-6-13(7-2)11-19-15(16-8-3)18-10-9-17-14(20)12(4)5/h12-13H,6-11H2,1-5H3,(H,17,20)(H2,16,18,19). The zero-order valence-corrected chi connectivity index (χ0v) is 13.8. The third-order valence-corrected chi connectivity index (χ3v) is 3.25. The molecule has 0 aliphatic rings. The molecule has 0 saturated carbocycles. The Bertz CT molecular complexity index is 286. The van der Waals surface area contributed by atoms with E-state index < -0.39 is 0 Å². The highest BCUT2D eigenvalue weighted by atomic mass is 16.1. The Morgan fingerprint density at radius 3 is 2.10 bits per heavy atom. The summed E-state index contributed by atoms with van der Waals surface area (Å²) in [6.45, 7) is 13.2. The van der Waals surface area contributed by atoms with E-state index in [0.717, 1.165) is 31.9 Å². The second kappa shape index (κ2) is 11.6. The van der Waals surface area contributed by atoms with Gasteiger partial charge in [0.2, 0.25) is 5.91 Å². The monoisotopic (exact) mass is 284 g/mol. The number of hydrogen-bond acceptors (Lipinski definition) is 2. The predicted molar refractivity (Wildman–Crippen MR) is 85.9 cm³/mol. The van der Waals surface area contributed by atoms with E-state index in [2.05, 4.69) is 41.7 Å². The number of hydrogen-bond donors (Lipinski definition) is 3. The third-order valence-electron chi connectivity index (χ3n) is 3.25. The van der Waals surface area contributed by atoms with Gasteiger partial charge in [0.15, 0.2) is 5.96 Å². The van der Waals surface area contributed by atoms with Crippen LogP contribution in [-0.4, -0.2) is 38.0 Å². The molecule has 0 aliphatic carbocycles. The number of nitrogens with zero attached hydrogens (tertiary/aromatic N) is 1. The minimum absolute atomic E-state index is 0.0340. The van der Waals surface area contributed by atoms with E-state index in [4.69, 9.17) is 0 Å². The van der Waals surface area contributed by atoms with Crippen molar-refractivity contribution in [3.63, 3.8) is 0 Å². The van der Waals surface area contributed by atoms with E-state index in [1.54, 1.807) is 0 Å². The number of guanidine groups is 1. The van der Waals surface area contributed by atoms with Gasteiger partial charge in [0.05, 0.1) is 0 Å². The first kappa shape index (κ1) is 18.7. The Morgan fingerprint density at radius 1 is 1.00 bits per heavy atom. The summed E-state index contributed by atoms with van der Waals surface area (Å²) in [5, 5.41) is 9.35. The molecule has 3 N–H and O–H groups in total. The Morgan fingerprint density at radius 2 is 1.60 bits per heavy atom. The molecular formula is C15H32N4O. The van der Waals surface area contributed by atoms with Gasteiger partial charge in [-0.15, -0.1) is 0 Å². The van der Waals surface area contributed by atoms with E-state index >= 15 is 0 Å². The molecule has 0 aromatic heterocycles. The van der Waals surface area contributed by atoms with Crippen LogP contribution in [0, 0.1) is 11.8 Å². The smallest absolute Gasteiger partial charge is 0.222 e. The van der Waals surface area contributed by atoms with E-state index in [9.17, 15) is 4.79 Å². The average molecular weight is 284 g/mol. The molecule has 0 heterocycles. The normalized spacial score (nSPS) is 11.8. The molecule has 0 saturated heterocycles. The summed E-state index contributed by atoms with van der Waals surface area (Å²) in [5.41, 5.74) is 0. The van der Waals surface area contributed by atoms with Gasteiger partial charge in [0, 0.05) is 32.1 Å². The van der Waals surface area contributed by atoms with Crippen molar-refractivity contribution in [2.75, 3.05) is 26.2 Å². The van der Waals surface area contributed by atoms with E-state index in [1.807, 2.05) is 13.8 Å². The second-order valence-electron chi connectivity index (χ2n) is 5.27. The summed E-state index contributed by atoms with van der Waals surface area (Å²) in [7, 11) is 0. The lowest BCUT2D eigenvalue weighted by Crippen LogP contribution is -2.42. The topological polar surface area (TPSA) is 65.5 Å². The van der Waals surface area contributed by atoms with E-state index in [1.165, 1.54) is 0 Å². The third kappa shape index (κ3) is 8.77. The number of aliphatic imine (C=N–C) groups is 1. The molecule has 0 unspecified atom stereocenters. The first-order chi connectivity index (χ1) is 9.54. The highest BCUT2D eigenvalue weighted by molar-refractivity contribution is 5.80. The van der Waals surface area contributed by atoms with Crippen molar-refractivity contribution in [3.8, 4) is 0 Å². The lowest BCUT2D eigenvalue weighted by atomic mass is 10.0. The Hall–Kier alpha value is -1.26. The summed E-state index contributed by atoms with van der Waals surface area (Å²) in [6.07, 6.45) is 2.31. The summed E-state index contributed by atoms with van der Waals surface area (Å²) in [4.78, 5) is 16.0. The van der Waals surface area contributed by atoms with Crippen LogP contribution < -0.4 is 16.0 Å². The number of carbonyl (C=O) groups excluding carboxylic acids is 1. The summed E-state index contributed by atoms with van der Waals surface area (Å²) >= 11 is 0. The van der Waals surface area contributed by atoms with Crippen LogP contribution in [0.4, 0.5) is 0 Å². The van der Waals surface area contributed by atoms with Gasteiger partial charge in [-0.3, -0.25) is 9.79 Å². The average Bonchev–Trinajstić information content (AvgIpc) is 2.43. The maximum absolute atomic E-state index is 11.4. The Balaban J connectivity index is 4.07. The van der Waals surface area contributed by atoms with Crippen molar-refractivity contribution in [1.29, 1.82) is 0 Å². The molecule has 0 fully saturated rings. The van der Waals surface area contributed by atoms with Crippen LogP contribution in [0.2, 0.25) is 0 Å². The van der Waals surface area contributed by atoms with E-state index in [-0.39, 0.29) is 11.8 Å². The highest BCUT2D eigenvalue weighted by Crippen LogP contribution is 2.06. The zero-order chi connectivity index (χ0) is 15.4. The van der Waals surface area contributed by atoms with Crippen LogP contribution >= 0.6 is 0 Å². The number of rotatable bonds is 9. The van der Waals surface area contributed by atoms with Gasteiger partial charge in [-0.25, -0.2) is 0 Å². The Kier molecular flexibility index (Phi) is 10.8. The summed E-state index contributed by atoms with van der Waals surface area (Å²) in [5.74, 6) is 1.60. The molecule has 5 nitrogen and oxygen atoms in total. The molecule has 118 valence electrons. The molecule has 0 aliphatic heterocycles. The van der Waals surface area contributed by atoms with Crippen molar-refractivity contribution in [2.24, 2.45) is 16.8 Å². The molecular weight excluding hydrogens is 252 g/mol. The zero-order valence-electron chi connectivity index (χ0n) is 13.8. The first-order valence-corrected chi connectivity index (χ1v) is 7.84. The minimum atomic E-state index is 0.0340. The van der Waals surface area contributed by atoms with Crippen LogP contribution in [0.5, 0.6) is 0 Å². The molecule has 5 heteroatoms. The van der Waals surface area contributed by atoms with Gasteiger partial charge in [-0.1, -0.05) is 40.5 Å². The number of nitrogens with one attached hydrogen (secondary N) is 3. The lowest BCUT2D eigenvalue weighted by molar-refractivity contribution is -0.123. The van der Waals surface area contributed by atoms with Crippen molar-refractivity contribution in [1.82, 2.24) is 16.0 Å². The number of carbonyl (C=O) groups is 1. The lowest BCUT2D eigenvalue weighted by Gasteiger charge is -2.14. The van der Waals surface area contributed by atoms with Crippen LogP contribution in [0.15, 0.2) is 4.99 Å². The predicted octanol–water partition coefficient (Wildman–Crippen LogP) is 1.75. The fraction of sp³-hybridized carbons (Fsp3) is 0.867. The molecule has 0 bridgehead atoms. The highest BCUT2D eigenvalue weighted by Gasteiger charge is 2.06. The van der Waals surface area contributed by atoms with E-state index in [0.29, 0.717) is 19.0 Å². The van der Waals surface area contributed by atoms with Crippen LogP contribution in [-0.2, 0) is 4.79 Å². The quantitative estimate of drug-likeness (QED) is 0.343. The number of amides is 1. The van der Waals surface area contributed by atoms with Crippen molar-refractivity contribution in [3.05, 3.63) is 0 Å². The van der Waals surface area contributed by atoms with Gasteiger partial charge < -0.3 is 16.0 Å². The second-order valence-corrected chi connectivity index (χ2v) is 5.27.